The highest BCUT2D eigenvalue weighted by Gasteiger charge is 2.28. The van der Waals surface area contributed by atoms with Gasteiger partial charge in [-0.1, -0.05) is 6.07 Å². The number of aryl methyl sites for hydroxylation is 2. The SMILES string of the molecule is COc1ccc(CCNC(=O)C2CCCN(c3ncnc4oc(C)c(C)c34)C2)c(OC)c1. The Kier molecular flexibility index (Phi) is 6.48. The number of rotatable bonds is 7. The minimum Gasteiger partial charge on any atom is -0.497 e. The van der Waals surface area contributed by atoms with Gasteiger partial charge in [-0.3, -0.25) is 4.79 Å². The predicted octanol–water partition coefficient (Wildman–Crippen LogP) is 3.43. The number of methoxy groups -OCH3 is 2. The average molecular weight is 439 g/mol. The first-order valence-corrected chi connectivity index (χ1v) is 11.0. The van der Waals surface area contributed by atoms with Crippen LogP contribution in [0.5, 0.6) is 11.5 Å². The third-order valence-electron chi connectivity index (χ3n) is 6.22. The number of nitrogens with zero attached hydrogens (tertiary/aromatic N) is 3. The molecule has 0 spiro atoms. The van der Waals surface area contributed by atoms with Crippen molar-refractivity contribution in [2.75, 3.05) is 38.8 Å². The second-order valence-corrected chi connectivity index (χ2v) is 8.16. The van der Waals surface area contributed by atoms with Crippen molar-refractivity contribution in [3.8, 4) is 11.5 Å². The van der Waals surface area contributed by atoms with E-state index in [2.05, 4.69) is 20.2 Å². The lowest BCUT2D eigenvalue weighted by Crippen LogP contribution is -2.43. The van der Waals surface area contributed by atoms with E-state index >= 15 is 0 Å². The van der Waals surface area contributed by atoms with Gasteiger partial charge in [0.05, 0.1) is 25.5 Å². The Hall–Kier alpha value is -3.29. The maximum Gasteiger partial charge on any atom is 0.231 e. The van der Waals surface area contributed by atoms with Crippen LogP contribution < -0.4 is 19.7 Å². The number of hydrogen-bond donors (Lipinski definition) is 1. The van der Waals surface area contributed by atoms with E-state index in [1.54, 1.807) is 14.2 Å². The number of benzene rings is 1. The van der Waals surface area contributed by atoms with Crippen LogP contribution in [0.25, 0.3) is 11.1 Å². The number of carbonyl (C=O) groups is 1. The molecule has 1 aromatic carbocycles. The summed E-state index contributed by atoms with van der Waals surface area (Å²) in [5.74, 6) is 3.21. The second-order valence-electron chi connectivity index (χ2n) is 8.16. The zero-order valence-corrected chi connectivity index (χ0v) is 19.1. The van der Waals surface area contributed by atoms with Gasteiger partial charge in [0.1, 0.15) is 29.4 Å². The first kappa shape index (κ1) is 21.9. The molecule has 1 amide bonds. The maximum absolute atomic E-state index is 12.9. The number of ether oxygens (including phenoxy) is 2. The smallest absolute Gasteiger partial charge is 0.231 e. The van der Waals surface area contributed by atoms with Crippen molar-refractivity contribution in [3.05, 3.63) is 41.4 Å². The van der Waals surface area contributed by atoms with Gasteiger partial charge in [0.15, 0.2) is 0 Å². The summed E-state index contributed by atoms with van der Waals surface area (Å²) in [5.41, 5.74) is 2.69. The van der Waals surface area contributed by atoms with Gasteiger partial charge >= 0.3 is 0 Å². The van der Waals surface area contributed by atoms with Crippen molar-refractivity contribution < 1.29 is 18.7 Å². The molecule has 8 nitrogen and oxygen atoms in total. The molecule has 0 saturated carbocycles. The summed E-state index contributed by atoms with van der Waals surface area (Å²) in [4.78, 5) is 23.9. The van der Waals surface area contributed by atoms with E-state index in [0.717, 1.165) is 59.0 Å². The fourth-order valence-electron chi connectivity index (χ4n) is 4.31. The molecule has 1 fully saturated rings. The van der Waals surface area contributed by atoms with Crippen LogP contribution in [0.3, 0.4) is 0 Å². The summed E-state index contributed by atoms with van der Waals surface area (Å²) >= 11 is 0. The number of nitrogens with one attached hydrogen (secondary N) is 1. The molecule has 4 rings (SSSR count). The monoisotopic (exact) mass is 438 g/mol. The number of piperidine rings is 1. The van der Waals surface area contributed by atoms with Crippen LogP contribution in [-0.2, 0) is 11.2 Å². The Morgan fingerprint density at radius 3 is 2.88 bits per heavy atom. The van der Waals surface area contributed by atoms with Crippen molar-refractivity contribution in [2.45, 2.75) is 33.1 Å². The van der Waals surface area contributed by atoms with Crippen LogP contribution in [0.2, 0.25) is 0 Å². The third kappa shape index (κ3) is 4.35. The van der Waals surface area contributed by atoms with Crippen molar-refractivity contribution in [3.63, 3.8) is 0 Å². The van der Waals surface area contributed by atoms with Gasteiger partial charge in [-0.25, -0.2) is 9.97 Å². The number of furan rings is 1. The molecule has 1 saturated heterocycles. The Balaban J connectivity index is 1.40. The summed E-state index contributed by atoms with van der Waals surface area (Å²) in [6.45, 7) is 6.01. The molecule has 1 N–H and O–H groups in total. The summed E-state index contributed by atoms with van der Waals surface area (Å²) in [7, 11) is 3.27. The molecule has 170 valence electrons. The van der Waals surface area contributed by atoms with Gasteiger partial charge in [-0.15, -0.1) is 0 Å². The number of anilines is 1. The van der Waals surface area contributed by atoms with Crippen LogP contribution >= 0.6 is 0 Å². The highest BCUT2D eigenvalue weighted by Crippen LogP contribution is 2.32. The molecular formula is C24H30N4O4. The summed E-state index contributed by atoms with van der Waals surface area (Å²) in [5, 5.41) is 4.04. The first-order chi connectivity index (χ1) is 15.5. The molecular weight excluding hydrogens is 408 g/mol. The lowest BCUT2D eigenvalue weighted by atomic mass is 9.96. The largest absolute Gasteiger partial charge is 0.497 e. The van der Waals surface area contributed by atoms with Crippen molar-refractivity contribution in [1.29, 1.82) is 0 Å². The molecule has 0 bridgehead atoms. The summed E-state index contributed by atoms with van der Waals surface area (Å²) in [6.07, 6.45) is 4.03. The second kappa shape index (κ2) is 9.46. The van der Waals surface area contributed by atoms with Crippen LogP contribution in [0.15, 0.2) is 28.9 Å². The Morgan fingerprint density at radius 2 is 2.09 bits per heavy atom. The first-order valence-electron chi connectivity index (χ1n) is 11.0. The lowest BCUT2D eigenvalue weighted by Gasteiger charge is -2.33. The molecule has 1 aliphatic rings. The van der Waals surface area contributed by atoms with Gasteiger partial charge in [0.2, 0.25) is 11.6 Å². The summed E-state index contributed by atoms with van der Waals surface area (Å²) < 4.78 is 16.5. The van der Waals surface area contributed by atoms with Crippen LogP contribution in [0.1, 0.15) is 29.7 Å². The van der Waals surface area contributed by atoms with E-state index in [1.165, 1.54) is 6.33 Å². The van der Waals surface area contributed by atoms with E-state index in [4.69, 9.17) is 13.9 Å². The zero-order chi connectivity index (χ0) is 22.7. The molecule has 1 aliphatic heterocycles. The topological polar surface area (TPSA) is 89.7 Å². The molecule has 2 aromatic heterocycles. The molecule has 3 aromatic rings. The van der Waals surface area contributed by atoms with Gasteiger partial charge in [-0.05, 0) is 44.7 Å². The average Bonchev–Trinajstić information content (AvgIpc) is 3.12. The van der Waals surface area contributed by atoms with E-state index in [0.29, 0.717) is 25.2 Å². The quantitative estimate of drug-likeness (QED) is 0.604. The zero-order valence-electron chi connectivity index (χ0n) is 19.1. The maximum atomic E-state index is 12.9. The number of fused-ring (bicyclic) bond motifs is 1. The highest BCUT2D eigenvalue weighted by molar-refractivity contribution is 5.90. The van der Waals surface area contributed by atoms with Crippen LogP contribution in [0.4, 0.5) is 5.82 Å². The Morgan fingerprint density at radius 1 is 1.25 bits per heavy atom. The molecule has 0 aliphatic carbocycles. The number of carbonyl (C=O) groups excluding carboxylic acids is 1. The van der Waals surface area contributed by atoms with Crippen molar-refractivity contribution in [2.24, 2.45) is 5.92 Å². The van der Waals surface area contributed by atoms with Crippen molar-refractivity contribution in [1.82, 2.24) is 15.3 Å². The highest BCUT2D eigenvalue weighted by atomic mass is 16.5. The fourth-order valence-corrected chi connectivity index (χ4v) is 4.31. The van der Waals surface area contributed by atoms with E-state index in [1.807, 2.05) is 32.0 Å². The minimum atomic E-state index is -0.0835. The number of aromatic nitrogens is 2. The number of amides is 1. The van der Waals surface area contributed by atoms with E-state index in [9.17, 15) is 4.79 Å². The van der Waals surface area contributed by atoms with Gasteiger partial charge < -0.3 is 24.1 Å². The number of hydrogen-bond acceptors (Lipinski definition) is 7. The Labute approximate surface area is 187 Å². The van der Waals surface area contributed by atoms with E-state index < -0.39 is 0 Å². The fraction of sp³-hybridized carbons (Fsp3) is 0.458. The summed E-state index contributed by atoms with van der Waals surface area (Å²) in [6, 6.07) is 5.74. The normalized spacial score (nSPS) is 16.2. The molecule has 1 unspecified atom stereocenters. The molecule has 1 atom stereocenters. The van der Waals surface area contributed by atoms with Crippen LogP contribution in [0, 0.1) is 19.8 Å². The van der Waals surface area contributed by atoms with Gasteiger partial charge in [-0.2, -0.15) is 0 Å². The molecule has 0 radical (unpaired) electrons. The minimum absolute atomic E-state index is 0.0765. The van der Waals surface area contributed by atoms with Gasteiger partial charge in [0.25, 0.3) is 0 Å². The standard InChI is InChI=1S/C24H30N4O4/c1-15-16(2)32-24-21(15)22(26-14-27-24)28-11-5-6-18(13-28)23(29)25-10-9-17-7-8-19(30-3)12-20(17)31-4/h7-8,12,14,18H,5-6,9-11,13H2,1-4H3,(H,25,29). The lowest BCUT2D eigenvalue weighted by molar-refractivity contribution is -0.125. The molecule has 32 heavy (non-hydrogen) atoms. The molecule has 8 heteroatoms. The van der Waals surface area contributed by atoms with Crippen molar-refractivity contribution >= 4 is 22.8 Å². The van der Waals surface area contributed by atoms with Crippen LogP contribution in [-0.4, -0.2) is 49.7 Å². The third-order valence-corrected chi connectivity index (χ3v) is 6.22. The molecule has 3 heterocycles. The predicted molar refractivity (Wildman–Crippen MR) is 122 cm³/mol. The van der Waals surface area contributed by atoms with Gasteiger partial charge in [0, 0.05) is 31.3 Å². The Bertz CT molecular complexity index is 1110. The van der Waals surface area contributed by atoms with E-state index in [-0.39, 0.29) is 11.8 Å².